The van der Waals surface area contributed by atoms with Crippen LogP contribution in [0.15, 0.2) is 80.3 Å². The number of hydrogen-bond donors (Lipinski definition) is 0. The van der Waals surface area contributed by atoms with Gasteiger partial charge in [-0.25, -0.2) is 9.59 Å². The Hall–Kier alpha value is -3.60. The van der Waals surface area contributed by atoms with Crippen molar-refractivity contribution in [1.29, 1.82) is 0 Å². The predicted octanol–water partition coefficient (Wildman–Crippen LogP) is 4.33. The summed E-state index contributed by atoms with van der Waals surface area (Å²) >= 11 is 0. The van der Waals surface area contributed by atoms with Crippen molar-refractivity contribution < 1.29 is 23.8 Å². The number of aryl methyl sites for hydroxylation is 1. The minimum absolute atomic E-state index is 0.453. The molecule has 0 saturated carbocycles. The number of rotatable bonds is 7. The van der Waals surface area contributed by atoms with Gasteiger partial charge in [0.05, 0.1) is 0 Å². The maximum Gasteiger partial charge on any atom is 0.335 e. The van der Waals surface area contributed by atoms with Crippen LogP contribution in [0.5, 0.6) is 11.5 Å². The molecule has 0 aromatic heterocycles. The number of esters is 2. The zero-order valence-electron chi connectivity index (χ0n) is 14.3. The Morgan fingerprint density at radius 3 is 2.15 bits per heavy atom. The minimum atomic E-state index is -0.556. The van der Waals surface area contributed by atoms with Gasteiger partial charge < -0.3 is 14.2 Å². The van der Waals surface area contributed by atoms with Gasteiger partial charge in [0.2, 0.25) is 0 Å². The van der Waals surface area contributed by atoms with Crippen LogP contribution in [-0.2, 0) is 14.3 Å². The summed E-state index contributed by atoms with van der Waals surface area (Å²) in [4.78, 5) is 22.1. The van der Waals surface area contributed by atoms with Gasteiger partial charge >= 0.3 is 11.9 Å². The molecule has 0 N–H and O–H groups in total. The van der Waals surface area contributed by atoms with Crippen LogP contribution in [0.1, 0.15) is 5.56 Å². The van der Waals surface area contributed by atoms with Crippen molar-refractivity contribution in [3.63, 3.8) is 0 Å². The molecule has 0 heterocycles. The van der Waals surface area contributed by atoms with Crippen LogP contribution in [0.3, 0.4) is 0 Å². The first-order valence-corrected chi connectivity index (χ1v) is 7.73. The summed E-state index contributed by atoms with van der Waals surface area (Å²) in [6, 6.07) is 12.8. The molecule has 0 amide bonds. The van der Waals surface area contributed by atoms with Gasteiger partial charge in [-0.1, -0.05) is 31.4 Å². The molecule has 0 bridgehead atoms. The molecule has 2 aromatic rings. The second-order valence-corrected chi connectivity index (χ2v) is 5.16. The van der Waals surface area contributed by atoms with E-state index >= 15 is 0 Å². The number of ether oxygens (including phenoxy) is 3. The van der Waals surface area contributed by atoms with E-state index in [1.54, 1.807) is 12.1 Å². The third kappa shape index (κ3) is 5.21. The van der Waals surface area contributed by atoms with Crippen molar-refractivity contribution in [2.45, 2.75) is 6.92 Å². The third-order valence-corrected chi connectivity index (χ3v) is 3.35. The summed E-state index contributed by atoms with van der Waals surface area (Å²) in [5.41, 5.74) is 2.86. The minimum Gasteiger partial charge on any atom is -0.462 e. The second-order valence-electron chi connectivity index (χ2n) is 5.16. The maximum atomic E-state index is 11.2. The lowest BCUT2D eigenvalue weighted by Crippen LogP contribution is -2.02. The van der Waals surface area contributed by atoms with Gasteiger partial charge in [-0.05, 0) is 47.9 Å². The summed E-state index contributed by atoms with van der Waals surface area (Å²) in [7, 11) is 0. The molecule has 132 valence electrons. The van der Waals surface area contributed by atoms with Crippen molar-refractivity contribution >= 4 is 11.9 Å². The summed E-state index contributed by atoms with van der Waals surface area (Å²) in [5, 5.41) is 0. The Balaban J connectivity index is 2.06. The fraction of sp³-hybridized carbons (Fsp3) is 0.0476. The molecule has 0 atom stereocenters. The van der Waals surface area contributed by atoms with Crippen LogP contribution in [0.25, 0.3) is 11.1 Å². The normalized spacial score (nSPS) is 10.2. The lowest BCUT2D eigenvalue weighted by atomic mass is 10.0. The first-order chi connectivity index (χ1) is 12.5. The average molecular weight is 350 g/mol. The SMILES string of the molecule is C=CC(=O)O/C=C\Oc1ccc(-c2ccc(OC(=O)C=C)cc2)cc1C. The van der Waals surface area contributed by atoms with Crippen LogP contribution < -0.4 is 9.47 Å². The largest absolute Gasteiger partial charge is 0.462 e. The molecule has 5 nitrogen and oxygen atoms in total. The van der Waals surface area contributed by atoms with E-state index in [9.17, 15) is 9.59 Å². The lowest BCUT2D eigenvalue weighted by Gasteiger charge is -2.09. The quantitative estimate of drug-likeness (QED) is 0.322. The van der Waals surface area contributed by atoms with E-state index in [4.69, 9.17) is 9.47 Å². The van der Waals surface area contributed by atoms with E-state index in [0.717, 1.165) is 35.1 Å². The number of hydrogen-bond acceptors (Lipinski definition) is 5. The fourth-order valence-electron chi connectivity index (χ4n) is 2.08. The van der Waals surface area contributed by atoms with E-state index in [1.807, 2.05) is 37.3 Å². The van der Waals surface area contributed by atoms with Crippen LogP contribution in [0, 0.1) is 6.92 Å². The van der Waals surface area contributed by atoms with Crippen LogP contribution in [0.2, 0.25) is 0 Å². The lowest BCUT2D eigenvalue weighted by molar-refractivity contribution is -0.132. The van der Waals surface area contributed by atoms with Gasteiger partial charge in [-0.2, -0.15) is 0 Å². The van der Waals surface area contributed by atoms with Crippen molar-refractivity contribution in [1.82, 2.24) is 0 Å². The molecular formula is C21H18O5. The van der Waals surface area contributed by atoms with E-state index in [2.05, 4.69) is 17.9 Å². The average Bonchev–Trinajstić information content (AvgIpc) is 2.66. The number of benzene rings is 2. The van der Waals surface area contributed by atoms with Crippen LogP contribution >= 0.6 is 0 Å². The third-order valence-electron chi connectivity index (χ3n) is 3.35. The van der Waals surface area contributed by atoms with Crippen molar-refractivity contribution in [2.75, 3.05) is 0 Å². The highest BCUT2D eigenvalue weighted by atomic mass is 16.5. The second kappa shape index (κ2) is 9.03. The Bertz CT molecular complexity index is 847. The van der Waals surface area contributed by atoms with Crippen LogP contribution in [-0.4, -0.2) is 11.9 Å². The molecule has 5 heteroatoms. The van der Waals surface area contributed by atoms with Gasteiger partial charge in [0.15, 0.2) is 0 Å². The summed E-state index contributed by atoms with van der Waals surface area (Å²) in [6.07, 6.45) is 4.61. The van der Waals surface area contributed by atoms with Gasteiger partial charge in [-0.15, -0.1) is 0 Å². The zero-order valence-corrected chi connectivity index (χ0v) is 14.3. The first kappa shape index (κ1) is 18.7. The number of carbonyl (C=O) groups is 2. The Labute approximate surface area is 151 Å². The summed E-state index contributed by atoms with van der Waals surface area (Å²) in [5.74, 6) is 0.0341. The Kier molecular flexibility index (Phi) is 6.51. The molecule has 0 unspecified atom stereocenters. The van der Waals surface area contributed by atoms with E-state index in [-0.39, 0.29) is 0 Å². The van der Waals surface area contributed by atoms with Gasteiger partial charge in [-0.3, -0.25) is 0 Å². The maximum absolute atomic E-state index is 11.2. The molecule has 2 aromatic carbocycles. The molecular weight excluding hydrogens is 332 g/mol. The van der Waals surface area contributed by atoms with Crippen LogP contribution in [0.4, 0.5) is 0 Å². The summed E-state index contributed by atoms with van der Waals surface area (Å²) < 4.78 is 15.2. The van der Waals surface area contributed by atoms with Gasteiger partial charge in [0, 0.05) is 12.2 Å². The molecule has 0 fully saturated rings. The molecule has 0 aliphatic carbocycles. The first-order valence-electron chi connectivity index (χ1n) is 7.73. The smallest absolute Gasteiger partial charge is 0.335 e. The molecule has 0 aliphatic rings. The van der Waals surface area contributed by atoms with Gasteiger partial charge in [0.25, 0.3) is 0 Å². The molecule has 2 rings (SSSR count). The van der Waals surface area contributed by atoms with E-state index in [1.165, 1.54) is 6.26 Å². The zero-order chi connectivity index (χ0) is 18.9. The highest BCUT2D eigenvalue weighted by Crippen LogP contribution is 2.27. The van der Waals surface area contributed by atoms with Crippen molar-refractivity contribution in [3.05, 3.63) is 85.9 Å². The standard InChI is InChI=1S/C21H18O5/c1-4-20(22)25-13-12-24-19-11-8-17(14-15(19)3)16-6-9-18(10-7-16)26-21(23)5-2/h4-14H,1-2H2,3H3/b13-12-. The molecule has 0 spiro atoms. The van der Waals surface area contributed by atoms with E-state index < -0.39 is 11.9 Å². The molecule has 0 saturated heterocycles. The predicted molar refractivity (Wildman–Crippen MR) is 98.5 cm³/mol. The topological polar surface area (TPSA) is 61.8 Å². The summed E-state index contributed by atoms with van der Waals surface area (Å²) in [6.45, 7) is 8.56. The molecule has 0 radical (unpaired) electrons. The fourth-order valence-corrected chi connectivity index (χ4v) is 2.08. The van der Waals surface area contributed by atoms with Gasteiger partial charge in [0.1, 0.15) is 24.0 Å². The van der Waals surface area contributed by atoms with Crippen molar-refractivity contribution in [2.24, 2.45) is 0 Å². The highest BCUT2D eigenvalue weighted by Gasteiger charge is 2.05. The van der Waals surface area contributed by atoms with E-state index in [0.29, 0.717) is 11.5 Å². The Morgan fingerprint density at radius 1 is 0.885 bits per heavy atom. The molecule has 26 heavy (non-hydrogen) atoms. The molecule has 0 aliphatic heterocycles. The van der Waals surface area contributed by atoms with Crippen molar-refractivity contribution in [3.8, 4) is 22.6 Å². The monoisotopic (exact) mass is 350 g/mol. The number of carbonyl (C=O) groups excluding carboxylic acids is 2. The highest BCUT2D eigenvalue weighted by molar-refractivity contribution is 5.83. The Morgan fingerprint density at radius 2 is 1.54 bits per heavy atom.